The number of carbonyl (C=O) groups excluding carboxylic acids is 2. The van der Waals surface area contributed by atoms with E-state index in [1.54, 1.807) is 25.9 Å². The lowest BCUT2D eigenvalue weighted by Gasteiger charge is -2.30. The van der Waals surface area contributed by atoms with Gasteiger partial charge in [-0.1, -0.05) is 58.4 Å². The molecule has 1 amide bonds. The number of rotatable bonds is 10. The third kappa shape index (κ3) is 7.24. The maximum absolute atomic E-state index is 13.5. The summed E-state index contributed by atoms with van der Waals surface area (Å²) < 4.78 is 7.81. The van der Waals surface area contributed by atoms with Crippen LogP contribution < -0.4 is 4.74 Å². The number of hydrogen-bond acceptors (Lipinski definition) is 4. The number of methoxy groups -OCH3 is 1. The van der Waals surface area contributed by atoms with Crippen LogP contribution in [0, 0.1) is 5.41 Å². The molecule has 0 radical (unpaired) electrons. The number of ether oxygens (including phenoxy) is 1. The first-order valence-electron chi connectivity index (χ1n) is 12.2. The molecule has 8 heteroatoms. The first-order valence-corrected chi connectivity index (χ1v) is 13.9. The molecule has 5 nitrogen and oxygen atoms in total. The first kappa shape index (κ1) is 29.4. The second-order valence-corrected chi connectivity index (χ2v) is 13.5. The Labute approximate surface area is 234 Å². The Morgan fingerprint density at radius 3 is 2.27 bits per heavy atom. The van der Waals surface area contributed by atoms with Crippen LogP contribution in [0.15, 0.2) is 47.4 Å². The van der Waals surface area contributed by atoms with E-state index in [-0.39, 0.29) is 28.9 Å². The van der Waals surface area contributed by atoms with E-state index < -0.39 is 5.41 Å². The first-order chi connectivity index (χ1) is 17.3. The topological polar surface area (TPSA) is 51.5 Å². The highest BCUT2D eigenvalue weighted by Crippen LogP contribution is 2.44. The highest BCUT2D eigenvalue weighted by molar-refractivity contribution is 8.00. The molecule has 1 heterocycles. The number of Topliss-reactive ketones (excluding diaryl/α,β-unsaturated/α-hetero) is 1. The molecular weight excluding hydrogens is 527 g/mol. The molecule has 2 aromatic carbocycles. The van der Waals surface area contributed by atoms with Crippen LogP contribution >= 0.6 is 35.0 Å². The normalized spacial score (nSPS) is 12.1. The maximum atomic E-state index is 13.5. The molecular formula is C29H36Cl2N2O3S. The number of benzene rings is 2. The van der Waals surface area contributed by atoms with Gasteiger partial charge in [0.1, 0.15) is 5.75 Å². The summed E-state index contributed by atoms with van der Waals surface area (Å²) in [6.07, 6.45) is 0.494. The molecule has 0 bridgehead atoms. The summed E-state index contributed by atoms with van der Waals surface area (Å²) in [4.78, 5) is 28.1. The fourth-order valence-electron chi connectivity index (χ4n) is 4.42. The minimum atomic E-state index is -0.759. The maximum Gasteiger partial charge on any atom is 0.228 e. The SMILES string of the molecule is COc1ccc2c(c1)c(SC(C)(C)C)c(CC(C)(C)C(=O)N(C)CC(=O)CCl)n2Cc1ccc(Cl)cc1. The third-order valence-electron chi connectivity index (χ3n) is 6.09. The van der Waals surface area contributed by atoms with E-state index in [2.05, 4.69) is 37.5 Å². The van der Waals surface area contributed by atoms with E-state index in [0.717, 1.165) is 32.8 Å². The number of carbonyl (C=O) groups is 2. The van der Waals surface area contributed by atoms with Crippen LogP contribution in [-0.4, -0.2) is 52.5 Å². The van der Waals surface area contributed by atoms with E-state index in [0.29, 0.717) is 18.0 Å². The van der Waals surface area contributed by atoms with Crippen LogP contribution in [0.5, 0.6) is 5.75 Å². The van der Waals surface area contributed by atoms with Gasteiger partial charge in [0.05, 0.1) is 19.5 Å². The fraction of sp³-hybridized carbons (Fsp3) is 0.448. The smallest absolute Gasteiger partial charge is 0.228 e. The number of amides is 1. The molecule has 3 aromatic rings. The van der Waals surface area contributed by atoms with E-state index in [9.17, 15) is 9.59 Å². The van der Waals surface area contributed by atoms with Gasteiger partial charge in [-0.15, -0.1) is 23.4 Å². The van der Waals surface area contributed by atoms with Gasteiger partial charge in [-0.25, -0.2) is 0 Å². The molecule has 37 heavy (non-hydrogen) atoms. The fourth-order valence-corrected chi connectivity index (χ4v) is 5.82. The third-order valence-corrected chi connectivity index (χ3v) is 7.91. The highest BCUT2D eigenvalue weighted by atomic mass is 35.5. The lowest BCUT2D eigenvalue weighted by Crippen LogP contribution is -2.42. The Morgan fingerprint density at radius 2 is 1.70 bits per heavy atom. The largest absolute Gasteiger partial charge is 0.497 e. The molecule has 0 saturated heterocycles. The van der Waals surface area contributed by atoms with Crippen LogP contribution in [0.25, 0.3) is 10.9 Å². The van der Waals surface area contributed by atoms with Crippen molar-refractivity contribution in [3.63, 3.8) is 0 Å². The Kier molecular flexibility index (Phi) is 9.31. The van der Waals surface area contributed by atoms with Crippen LogP contribution in [0.2, 0.25) is 5.02 Å². The van der Waals surface area contributed by atoms with E-state index in [1.165, 1.54) is 4.90 Å². The number of hydrogen-bond donors (Lipinski definition) is 0. The van der Waals surface area contributed by atoms with Crippen molar-refractivity contribution >= 4 is 57.6 Å². The molecule has 0 spiro atoms. The van der Waals surface area contributed by atoms with Gasteiger partial charge in [0.15, 0.2) is 5.78 Å². The Hall–Kier alpha value is -2.15. The summed E-state index contributed by atoms with van der Waals surface area (Å²) in [7, 11) is 3.33. The van der Waals surface area contributed by atoms with Gasteiger partial charge in [0.25, 0.3) is 0 Å². The zero-order chi connectivity index (χ0) is 27.5. The molecule has 0 fully saturated rings. The van der Waals surface area contributed by atoms with Gasteiger partial charge in [-0.05, 0) is 35.9 Å². The number of thioether (sulfide) groups is 1. The van der Waals surface area contributed by atoms with Crippen molar-refractivity contribution in [2.24, 2.45) is 5.41 Å². The van der Waals surface area contributed by atoms with Crippen molar-refractivity contribution in [3.05, 3.63) is 58.7 Å². The number of likely N-dealkylation sites (N-methyl/N-ethyl adjacent to an activating group) is 1. The minimum absolute atomic E-state index is 0.000320. The molecule has 3 rings (SSSR count). The Morgan fingerprint density at radius 1 is 1.05 bits per heavy atom. The molecule has 0 atom stereocenters. The van der Waals surface area contributed by atoms with Gasteiger partial charge in [0, 0.05) is 56.7 Å². The molecule has 0 N–H and O–H groups in total. The Balaban J connectivity index is 2.18. The van der Waals surface area contributed by atoms with Crippen LogP contribution in [0.4, 0.5) is 0 Å². The Bertz CT molecular complexity index is 1280. The number of halogens is 2. The number of nitrogens with zero attached hydrogens (tertiary/aromatic N) is 2. The average Bonchev–Trinajstić information content (AvgIpc) is 3.09. The summed E-state index contributed by atoms with van der Waals surface area (Å²) >= 11 is 13.6. The average molecular weight is 564 g/mol. The van der Waals surface area contributed by atoms with Gasteiger partial charge >= 0.3 is 0 Å². The van der Waals surface area contributed by atoms with Crippen LogP contribution in [-0.2, 0) is 22.6 Å². The van der Waals surface area contributed by atoms with E-state index >= 15 is 0 Å². The van der Waals surface area contributed by atoms with Crippen LogP contribution in [0.3, 0.4) is 0 Å². The molecule has 0 aliphatic heterocycles. The zero-order valence-electron chi connectivity index (χ0n) is 22.7. The number of ketones is 1. The number of fused-ring (bicyclic) bond motifs is 1. The number of aromatic nitrogens is 1. The summed E-state index contributed by atoms with van der Waals surface area (Å²) in [5, 5.41) is 1.79. The lowest BCUT2D eigenvalue weighted by atomic mass is 9.86. The van der Waals surface area contributed by atoms with Crippen molar-refractivity contribution in [3.8, 4) is 5.75 Å². The molecule has 0 aliphatic carbocycles. The van der Waals surface area contributed by atoms with Gasteiger partial charge in [0.2, 0.25) is 5.91 Å². The molecule has 0 aliphatic rings. The summed E-state index contributed by atoms with van der Waals surface area (Å²) in [6.45, 7) is 11.1. The van der Waals surface area contributed by atoms with Crippen molar-refractivity contribution in [1.29, 1.82) is 0 Å². The predicted octanol–water partition coefficient (Wildman–Crippen LogP) is 7.08. The van der Waals surface area contributed by atoms with Gasteiger partial charge in [-0.2, -0.15) is 0 Å². The lowest BCUT2D eigenvalue weighted by molar-refractivity contribution is -0.141. The van der Waals surface area contributed by atoms with Gasteiger partial charge in [-0.3, -0.25) is 9.59 Å². The molecule has 1 aromatic heterocycles. The van der Waals surface area contributed by atoms with Gasteiger partial charge < -0.3 is 14.2 Å². The summed E-state index contributed by atoms with van der Waals surface area (Å²) in [5.41, 5.74) is 2.50. The number of alkyl halides is 1. The van der Waals surface area contributed by atoms with Crippen molar-refractivity contribution in [1.82, 2.24) is 9.47 Å². The standard InChI is InChI=1S/C29H36Cl2N2O3S/c1-28(2,3)37-26-23-14-22(36-7)12-13-24(23)33(17-19-8-10-20(31)11-9-19)25(26)15-29(4,5)27(35)32(6)18-21(34)16-30/h8-14H,15-18H2,1-7H3. The van der Waals surface area contributed by atoms with E-state index in [1.807, 2.05) is 44.2 Å². The highest BCUT2D eigenvalue weighted by Gasteiger charge is 2.35. The molecule has 0 unspecified atom stereocenters. The predicted molar refractivity (Wildman–Crippen MR) is 156 cm³/mol. The molecule has 0 saturated carbocycles. The van der Waals surface area contributed by atoms with Crippen molar-refractivity contribution in [2.75, 3.05) is 26.6 Å². The second-order valence-electron chi connectivity index (χ2n) is 11.0. The monoisotopic (exact) mass is 562 g/mol. The van der Waals surface area contributed by atoms with Crippen molar-refractivity contribution < 1.29 is 14.3 Å². The van der Waals surface area contributed by atoms with E-state index in [4.69, 9.17) is 27.9 Å². The minimum Gasteiger partial charge on any atom is -0.497 e. The zero-order valence-corrected chi connectivity index (χ0v) is 25.0. The summed E-state index contributed by atoms with van der Waals surface area (Å²) in [6, 6.07) is 14.0. The quantitative estimate of drug-likeness (QED) is 0.196. The molecule has 200 valence electrons. The van der Waals surface area contributed by atoms with Crippen molar-refractivity contribution in [2.45, 2.75) is 57.2 Å². The second kappa shape index (κ2) is 11.7. The van der Waals surface area contributed by atoms with Crippen LogP contribution in [0.1, 0.15) is 45.9 Å². The summed E-state index contributed by atoms with van der Waals surface area (Å²) in [5.74, 6) is 0.398.